The third kappa shape index (κ3) is 1.39. The first-order valence-electron chi connectivity index (χ1n) is 3.52. The number of hydrogen-bond acceptors (Lipinski definition) is 4. The summed E-state index contributed by atoms with van der Waals surface area (Å²) >= 11 is 0. The molecule has 3 N–H and O–H groups in total. The smallest absolute Gasteiger partial charge is 0.325 e. The summed E-state index contributed by atoms with van der Waals surface area (Å²) in [6, 6.07) is -1.38. The first kappa shape index (κ1) is 8.95. The highest BCUT2D eigenvalue weighted by molar-refractivity contribution is 6.02. The number of nitrogens with zero attached hydrogens (tertiary/aromatic N) is 1. The lowest BCUT2D eigenvalue weighted by atomic mass is 10.3. The molecule has 0 aromatic heterocycles. The Hall–Kier alpha value is -1.14. The minimum absolute atomic E-state index is 0.0602. The Morgan fingerprint density at radius 2 is 2.00 bits per heavy atom. The number of nitrogens with one attached hydrogen (secondary N) is 1. The monoisotopic (exact) mass is 174 g/mol. The molecule has 1 saturated heterocycles. The lowest BCUT2D eigenvalue weighted by Crippen LogP contribution is -2.44. The minimum atomic E-state index is -0.819. The van der Waals surface area contributed by atoms with Gasteiger partial charge in [0.05, 0.1) is 25.8 Å². The molecule has 0 aromatic carbocycles. The van der Waals surface area contributed by atoms with E-state index in [1.165, 1.54) is 0 Å². The highest BCUT2D eigenvalue weighted by atomic mass is 16.3. The maximum Gasteiger partial charge on any atom is 0.325 e. The number of aliphatic hydroxyl groups is 2. The number of rotatable bonds is 3. The lowest BCUT2D eigenvalue weighted by Gasteiger charge is -2.20. The molecule has 1 fully saturated rings. The van der Waals surface area contributed by atoms with Crippen molar-refractivity contribution in [3.05, 3.63) is 0 Å². The van der Waals surface area contributed by atoms with Crippen LogP contribution >= 0.6 is 0 Å². The molecule has 0 bridgehead atoms. The molecule has 1 aliphatic rings. The Balaban J connectivity index is 2.70. The van der Waals surface area contributed by atoms with Gasteiger partial charge >= 0.3 is 6.03 Å². The van der Waals surface area contributed by atoms with Crippen LogP contribution in [0.5, 0.6) is 0 Å². The number of carbonyl (C=O) groups is 2. The van der Waals surface area contributed by atoms with Gasteiger partial charge in [-0.2, -0.15) is 0 Å². The number of urea groups is 1. The van der Waals surface area contributed by atoms with E-state index in [0.717, 1.165) is 4.90 Å². The number of aliphatic hydroxyl groups excluding tert-OH is 2. The molecular weight excluding hydrogens is 164 g/mol. The molecule has 0 atom stereocenters. The van der Waals surface area contributed by atoms with Crippen molar-refractivity contribution in [1.29, 1.82) is 0 Å². The molecule has 1 aliphatic heterocycles. The summed E-state index contributed by atoms with van der Waals surface area (Å²) in [7, 11) is 0. The van der Waals surface area contributed by atoms with Gasteiger partial charge in [-0.3, -0.25) is 9.69 Å². The molecule has 0 aromatic rings. The van der Waals surface area contributed by atoms with Gasteiger partial charge in [0.1, 0.15) is 0 Å². The van der Waals surface area contributed by atoms with E-state index < -0.39 is 31.2 Å². The van der Waals surface area contributed by atoms with Crippen molar-refractivity contribution in [3.8, 4) is 0 Å². The fourth-order valence-electron chi connectivity index (χ4n) is 1.03. The maximum absolute atomic E-state index is 11.0. The van der Waals surface area contributed by atoms with Crippen LogP contribution in [0.4, 0.5) is 4.79 Å². The molecule has 1 heterocycles. The van der Waals surface area contributed by atoms with E-state index in [-0.39, 0.29) is 6.54 Å². The molecule has 3 amide bonds. The van der Waals surface area contributed by atoms with Crippen LogP contribution < -0.4 is 5.32 Å². The zero-order valence-electron chi connectivity index (χ0n) is 6.36. The summed E-state index contributed by atoms with van der Waals surface area (Å²) in [5.74, 6) is -0.423. The van der Waals surface area contributed by atoms with Crippen molar-refractivity contribution in [2.24, 2.45) is 0 Å². The van der Waals surface area contributed by atoms with Crippen LogP contribution in [-0.2, 0) is 4.79 Å². The first-order valence-corrected chi connectivity index (χ1v) is 3.52. The third-order valence-electron chi connectivity index (χ3n) is 1.66. The van der Waals surface area contributed by atoms with Crippen molar-refractivity contribution in [1.82, 2.24) is 10.2 Å². The van der Waals surface area contributed by atoms with Gasteiger partial charge in [-0.05, 0) is 0 Å². The molecular formula is C6H10N2O4. The summed E-state index contributed by atoms with van der Waals surface area (Å²) in [5, 5.41) is 19.7. The van der Waals surface area contributed by atoms with Gasteiger partial charge in [-0.1, -0.05) is 0 Å². The van der Waals surface area contributed by atoms with Crippen LogP contribution in [0.1, 0.15) is 0 Å². The molecule has 0 spiro atoms. The van der Waals surface area contributed by atoms with Gasteiger partial charge in [0.25, 0.3) is 0 Å². The van der Waals surface area contributed by atoms with E-state index in [1.54, 1.807) is 0 Å². The van der Waals surface area contributed by atoms with Crippen molar-refractivity contribution in [3.63, 3.8) is 0 Å². The number of amides is 3. The van der Waals surface area contributed by atoms with Gasteiger partial charge in [-0.25, -0.2) is 4.79 Å². The molecule has 0 radical (unpaired) electrons. The van der Waals surface area contributed by atoms with Crippen LogP contribution in [0.2, 0.25) is 0 Å². The highest BCUT2D eigenvalue weighted by Gasteiger charge is 2.33. The maximum atomic E-state index is 11.0. The number of imide groups is 1. The van der Waals surface area contributed by atoms with E-state index in [4.69, 9.17) is 10.2 Å². The van der Waals surface area contributed by atoms with Crippen LogP contribution in [0, 0.1) is 0 Å². The van der Waals surface area contributed by atoms with Crippen LogP contribution in [0.15, 0.2) is 0 Å². The topological polar surface area (TPSA) is 89.9 Å². The van der Waals surface area contributed by atoms with Gasteiger partial charge in [0.2, 0.25) is 5.91 Å². The molecule has 6 nitrogen and oxygen atoms in total. The second-order valence-electron chi connectivity index (χ2n) is 2.44. The van der Waals surface area contributed by atoms with Crippen molar-refractivity contribution in [2.45, 2.75) is 6.04 Å². The Kier molecular flexibility index (Phi) is 2.61. The average Bonchev–Trinajstić information content (AvgIpc) is 2.38. The van der Waals surface area contributed by atoms with Crippen molar-refractivity contribution in [2.75, 3.05) is 19.8 Å². The van der Waals surface area contributed by atoms with E-state index >= 15 is 0 Å². The normalized spacial score (nSPS) is 17.4. The van der Waals surface area contributed by atoms with Crippen molar-refractivity contribution >= 4 is 11.9 Å². The van der Waals surface area contributed by atoms with Gasteiger partial charge < -0.3 is 15.5 Å². The zero-order valence-corrected chi connectivity index (χ0v) is 6.36. The standard InChI is InChI=1S/C6H10N2O4/c9-2-4(3-10)8-5(11)1-7-6(8)12/h4,9-10H,1-3H2,(H,7,12). The zero-order chi connectivity index (χ0) is 9.14. The molecule has 0 saturated carbocycles. The predicted molar refractivity (Wildman–Crippen MR) is 38.2 cm³/mol. The third-order valence-corrected chi connectivity index (χ3v) is 1.66. The minimum Gasteiger partial charge on any atom is -0.394 e. The SMILES string of the molecule is O=C1CNC(=O)N1C(CO)CO. The largest absolute Gasteiger partial charge is 0.394 e. The first-order chi connectivity index (χ1) is 5.70. The second-order valence-corrected chi connectivity index (χ2v) is 2.44. The lowest BCUT2D eigenvalue weighted by molar-refractivity contribution is -0.127. The molecule has 0 aliphatic carbocycles. The van der Waals surface area contributed by atoms with Gasteiger partial charge in [-0.15, -0.1) is 0 Å². The molecule has 0 unspecified atom stereocenters. The fraction of sp³-hybridized carbons (Fsp3) is 0.667. The number of hydrogen-bond donors (Lipinski definition) is 3. The van der Waals surface area contributed by atoms with Gasteiger partial charge in [0.15, 0.2) is 0 Å². The summed E-state index contributed by atoms with van der Waals surface area (Å²) < 4.78 is 0. The summed E-state index contributed by atoms with van der Waals surface area (Å²) in [6.45, 7) is -0.902. The highest BCUT2D eigenvalue weighted by Crippen LogP contribution is 2.04. The summed E-state index contributed by atoms with van der Waals surface area (Å²) in [4.78, 5) is 22.7. The Bertz CT molecular complexity index is 186. The average molecular weight is 174 g/mol. The quantitative estimate of drug-likeness (QED) is 0.427. The van der Waals surface area contributed by atoms with Crippen LogP contribution in [-0.4, -0.2) is 52.9 Å². The van der Waals surface area contributed by atoms with Crippen molar-refractivity contribution < 1.29 is 19.8 Å². The molecule has 1 rings (SSSR count). The summed E-state index contributed by atoms with van der Waals surface area (Å²) in [5.41, 5.74) is 0. The van der Waals surface area contributed by atoms with E-state index in [9.17, 15) is 9.59 Å². The fourth-order valence-corrected chi connectivity index (χ4v) is 1.03. The predicted octanol–water partition coefficient (Wildman–Crippen LogP) is -2.11. The summed E-state index contributed by atoms with van der Waals surface area (Å²) in [6.07, 6.45) is 0. The van der Waals surface area contributed by atoms with E-state index in [0.29, 0.717) is 0 Å². The van der Waals surface area contributed by atoms with Crippen LogP contribution in [0.25, 0.3) is 0 Å². The Labute approximate surface area is 68.8 Å². The van der Waals surface area contributed by atoms with Crippen LogP contribution in [0.3, 0.4) is 0 Å². The Morgan fingerprint density at radius 3 is 2.33 bits per heavy atom. The van der Waals surface area contributed by atoms with Gasteiger partial charge in [0, 0.05) is 0 Å². The molecule has 12 heavy (non-hydrogen) atoms. The Morgan fingerprint density at radius 1 is 1.42 bits per heavy atom. The van der Waals surface area contributed by atoms with E-state index in [2.05, 4.69) is 5.32 Å². The molecule has 68 valence electrons. The molecule has 6 heteroatoms. The number of carbonyl (C=O) groups excluding carboxylic acids is 2. The second kappa shape index (κ2) is 3.51. The van der Waals surface area contributed by atoms with E-state index in [1.807, 2.05) is 0 Å².